The van der Waals surface area contributed by atoms with E-state index in [0.29, 0.717) is 36.4 Å². The van der Waals surface area contributed by atoms with Gasteiger partial charge in [-0.15, -0.1) is 0 Å². The van der Waals surface area contributed by atoms with Gasteiger partial charge in [0.05, 0.1) is 0 Å². The SMILES string of the molecule is Fc1cc(OCc2ccccc2)c(C2CCCCC2)cc1-c1cc(C2CCCCC2)c(OCc2ccccc2)cc1Br. The smallest absolute Gasteiger partial charge is 0.134 e. The van der Waals surface area contributed by atoms with Crippen LogP contribution in [-0.4, -0.2) is 0 Å². The first-order valence-electron chi connectivity index (χ1n) is 15.7. The topological polar surface area (TPSA) is 18.5 Å². The summed E-state index contributed by atoms with van der Waals surface area (Å²) in [5, 5.41) is 0. The normalized spacial score (nSPS) is 16.3. The van der Waals surface area contributed by atoms with Crippen LogP contribution in [0.2, 0.25) is 0 Å². The molecule has 0 heterocycles. The fraction of sp³-hybridized carbons (Fsp3) is 0.368. The highest BCUT2D eigenvalue weighted by atomic mass is 79.9. The van der Waals surface area contributed by atoms with E-state index in [1.54, 1.807) is 6.07 Å². The van der Waals surface area contributed by atoms with Gasteiger partial charge in [0.1, 0.15) is 30.5 Å². The van der Waals surface area contributed by atoms with Crippen LogP contribution in [0, 0.1) is 5.82 Å². The predicted octanol–water partition coefficient (Wildman–Crippen LogP) is 11.5. The average Bonchev–Trinajstić information content (AvgIpc) is 3.05. The van der Waals surface area contributed by atoms with Gasteiger partial charge in [0.25, 0.3) is 0 Å². The molecule has 0 unspecified atom stereocenters. The first-order valence-corrected chi connectivity index (χ1v) is 16.5. The van der Waals surface area contributed by atoms with E-state index < -0.39 is 0 Å². The van der Waals surface area contributed by atoms with Crippen molar-refractivity contribution in [2.75, 3.05) is 0 Å². The molecule has 4 aromatic carbocycles. The zero-order valence-corrected chi connectivity index (χ0v) is 25.9. The van der Waals surface area contributed by atoms with Crippen LogP contribution in [0.3, 0.4) is 0 Å². The van der Waals surface area contributed by atoms with Crippen LogP contribution in [0.15, 0.2) is 89.4 Å². The first-order chi connectivity index (χ1) is 20.7. The lowest BCUT2D eigenvalue weighted by molar-refractivity contribution is 0.295. The summed E-state index contributed by atoms with van der Waals surface area (Å²) in [5.41, 5.74) is 6.10. The summed E-state index contributed by atoms with van der Waals surface area (Å²) in [6.07, 6.45) is 11.9. The highest BCUT2D eigenvalue weighted by Gasteiger charge is 2.26. The second-order valence-corrected chi connectivity index (χ2v) is 12.8. The molecule has 218 valence electrons. The molecule has 2 nitrogen and oxygen atoms in total. The molecule has 0 atom stereocenters. The van der Waals surface area contributed by atoms with Gasteiger partial charge in [0.15, 0.2) is 0 Å². The van der Waals surface area contributed by atoms with Crippen LogP contribution in [0.1, 0.15) is 98.3 Å². The third kappa shape index (κ3) is 6.92. The molecule has 6 rings (SSSR count). The molecule has 2 aliphatic rings. The van der Waals surface area contributed by atoms with Gasteiger partial charge < -0.3 is 9.47 Å². The molecule has 0 spiro atoms. The van der Waals surface area contributed by atoms with Crippen LogP contribution in [0.5, 0.6) is 11.5 Å². The van der Waals surface area contributed by atoms with E-state index >= 15 is 4.39 Å². The van der Waals surface area contributed by atoms with Crippen molar-refractivity contribution in [2.24, 2.45) is 0 Å². The van der Waals surface area contributed by atoms with Gasteiger partial charge in [-0.3, -0.25) is 0 Å². The molecule has 42 heavy (non-hydrogen) atoms. The van der Waals surface area contributed by atoms with E-state index in [9.17, 15) is 0 Å². The Morgan fingerprint density at radius 2 is 1.02 bits per heavy atom. The predicted molar refractivity (Wildman–Crippen MR) is 173 cm³/mol. The van der Waals surface area contributed by atoms with E-state index in [1.807, 2.05) is 36.4 Å². The number of hydrogen-bond acceptors (Lipinski definition) is 2. The number of hydrogen-bond donors (Lipinski definition) is 0. The molecule has 2 aliphatic carbocycles. The lowest BCUT2D eigenvalue weighted by Gasteiger charge is -2.27. The molecular formula is C38H40BrFO2. The van der Waals surface area contributed by atoms with Crippen LogP contribution in [0.25, 0.3) is 11.1 Å². The molecule has 4 heteroatoms. The van der Waals surface area contributed by atoms with Crippen molar-refractivity contribution in [3.63, 3.8) is 0 Å². The zero-order valence-electron chi connectivity index (χ0n) is 24.3. The monoisotopic (exact) mass is 626 g/mol. The van der Waals surface area contributed by atoms with Crippen LogP contribution >= 0.6 is 15.9 Å². The summed E-state index contributed by atoms with van der Waals surface area (Å²) >= 11 is 3.82. The molecule has 0 radical (unpaired) electrons. The summed E-state index contributed by atoms with van der Waals surface area (Å²) in [6.45, 7) is 0.947. The minimum Gasteiger partial charge on any atom is -0.489 e. The van der Waals surface area contributed by atoms with Crippen molar-refractivity contribution in [1.82, 2.24) is 0 Å². The zero-order chi connectivity index (χ0) is 28.7. The molecule has 0 aromatic heterocycles. The summed E-state index contributed by atoms with van der Waals surface area (Å²) in [6, 6.07) is 28.4. The van der Waals surface area contributed by atoms with E-state index in [1.165, 1.54) is 44.1 Å². The van der Waals surface area contributed by atoms with Crippen molar-refractivity contribution in [3.8, 4) is 22.6 Å². The second-order valence-electron chi connectivity index (χ2n) is 12.0. The maximum atomic E-state index is 16.1. The standard InChI is InChI=1S/C38H40BrFO2/c39-35-23-37(41-25-27-13-5-1-6-14-27)31(29-17-9-3-10-18-29)21-33(35)34-22-32(30-19-11-4-12-20-30)38(24-36(34)40)42-26-28-15-7-2-8-16-28/h1-2,5-8,13-16,21-24,29-30H,3-4,9-12,17-20,25-26H2. The Bertz CT molecular complexity index is 1340. The molecule has 0 saturated heterocycles. The van der Waals surface area contributed by atoms with Gasteiger partial charge in [-0.05, 0) is 83.5 Å². The van der Waals surface area contributed by atoms with Gasteiger partial charge in [-0.2, -0.15) is 0 Å². The van der Waals surface area contributed by atoms with Crippen molar-refractivity contribution < 1.29 is 13.9 Å². The van der Waals surface area contributed by atoms with Crippen LogP contribution in [-0.2, 0) is 13.2 Å². The molecule has 4 aromatic rings. The average molecular weight is 628 g/mol. The summed E-state index contributed by atoms with van der Waals surface area (Å²) in [4.78, 5) is 0. The van der Waals surface area contributed by atoms with Gasteiger partial charge in [-0.1, -0.05) is 115 Å². The Morgan fingerprint density at radius 3 is 1.52 bits per heavy atom. The van der Waals surface area contributed by atoms with Crippen LogP contribution < -0.4 is 9.47 Å². The van der Waals surface area contributed by atoms with Gasteiger partial charge in [-0.25, -0.2) is 4.39 Å². The highest BCUT2D eigenvalue weighted by Crippen LogP contribution is 2.46. The lowest BCUT2D eigenvalue weighted by atomic mass is 9.81. The Morgan fingerprint density at radius 1 is 0.571 bits per heavy atom. The number of halogens is 2. The molecule has 2 saturated carbocycles. The fourth-order valence-corrected chi connectivity index (χ4v) is 7.28. The van der Waals surface area contributed by atoms with E-state index in [4.69, 9.17) is 9.47 Å². The number of benzene rings is 4. The van der Waals surface area contributed by atoms with Gasteiger partial charge in [0, 0.05) is 16.1 Å². The van der Waals surface area contributed by atoms with Gasteiger partial charge in [0.2, 0.25) is 0 Å². The second kappa shape index (κ2) is 13.9. The Balaban J connectivity index is 1.37. The molecule has 0 N–H and O–H groups in total. The quantitative estimate of drug-likeness (QED) is 0.184. The van der Waals surface area contributed by atoms with Crippen molar-refractivity contribution in [3.05, 3.63) is 117 Å². The highest BCUT2D eigenvalue weighted by molar-refractivity contribution is 9.10. The maximum Gasteiger partial charge on any atom is 0.134 e. The maximum absolute atomic E-state index is 16.1. The van der Waals surface area contributed by atoms with E-state index in [-0.39, 0.29) is 5.82 Å². The lowest BCUT2D eigenvalue weighted by Crippen LogP contribution is -2.09. The van der Waals surface area contributed by atoms with Crippen LogP contribution in [0.4, 0.5) is 4.39 Å². The number of ether oxygens (including phenoxy) is 2. The Labute approximate surface area is 258 Å². The van der Waals surface area contributed by atoms with E-state index in [2.05, 4.69) is 58.4 Å². The Kier molecular flexibility index (Phi) is 9.60. The summed E-state index contributed by atoms with van der Waals surface area (Å²) in [7, 11) is 0. The first kappa shape index (κ1) is 29.0. The molecule has 0 amide bonds. The minimum atomic E-state index is -0.245. The van der Waals surface area contributed by atoms with E-state index in [0.717, 1.165) is 58.2 Å². The number of rotatable bonds is 9. The molecule has 2 fully saturated rings. The third-order valence-electron chi connectivity index (χ3n) is 9.05. The van der Waals surface area contributed by atoms with Crippen molar-refractivity contribution in [2.45, 2.75) is 89.3 Å². The Hall–Kier alpha value is -3.11. The summed E-state index contributed by atoms with van der Waals surface area (Å²) < 4.78 is 29.7. The largest absolute Gasteiger partial charge is 0.489 e. The molecule has 0 aliphatic heterocycles. The minimum absolute atomic E-state index is 0.245. The third-order valence-corrected chi connectivity index (χ3v) is 9.71. The van der Waals surface area contributed by atoms with Gasteiger partial charge >= 0.3 is 0 Å². The van der Waals surface area contributed by atoms with Crippen molar-refractivity contribution >= 4 is 15.9 Å². The summed E-state index contributed by atoms with van der Waals surface area (Å²) in [5.74, 6) is 2.14. The molecular weight excluding hydrogens is 587 g/mol. The van der Waals surface area contributed by atoms with Crippen molar-refractivity contribution in [1.29, 1.82) is 0 Å². The molecule has 0 bridgehead atoms. The fourth-order valence-electron chi connectivity index (χ4n) is 6.74.